The van der Waals surface area contributed by atoms with Crippen molar-refractivity contribution in [1.29, 1.82) is 0 Å². The van der Waals surface area contributed by atoms with Crippen molar-refractivity contribution >= 4 is 23.8 Å². The van der Waals surface area contributed by atoms with Crippen LogP contribution in [0, 0.1) is 0 Å². The molecule has 0 saturated heterocycles. The molecule has 0 aliphatic heterocycles. The largest absolute Gasteiger partial charge is 0.416 e. The van der Waals surface area contributed by atoms with E-state index in [0.29, 0.717) is 16.4 Å². The summed E-state index contributed by atoms with van der Waals surface area (Å²) in [7, 11) is 0. The molecule has 0 unspecified atom stereocenters. The molecule has 0 aliphatic rings. The minimum atomic E-state index is -4.36. The Balaban J connectivity index is 1.51. The van der Waals surface area contributed by atoms with E-state index >= 15 is 0 Å². The molecule has 6 heteroatoms. The zero-order valence-electron chi connectivity index (χ0n) is 15.6. The van der Waals surface area contributed by atoms with Gasteiger partial charge in [0.25, 0.3) is 0 Å². The second-order valence-corrected chi connectivity index (χ2v) is 7.10. The second-order valence-electron chi connectivity index (χ2n) is 6.70. The smallest absolute Gasteiger partial charge is 0.338 e. The fourth-order valence-electron chi connectivity index (χ4n) is 3.07. The highest BCUT2D eigenvalue weighted by molar-refractivity contribution is 6.33. The fourth-order valence-corrected chi connectivity index (χ4v) is 3.31. The van der Waals surface area contributed by atoms with Gasteiger partial charge in [0.1, 0.15) is 5.82 Å². The highest BCUT2D eigenvalue weighted by atomic mass is 35.5. The van der Waals surface area contributed by atoms with E-state index in [9.17, 15) is 13.2 Å². The van der Waals surface area contributed by atoms with Crippen molar-refractivity contribution in [3.8, 4) is 22.4 Å². The topological polar surface area (TPSA) is 28.7 Å². The van der Waals surface area contributed by atoms with E-state index in [0.717, 1.165) is 34.5 Å². The maximum absolute atomic E-state index is 12.9. The average Bonchev–Trinajstić information content (AvgIpc) is 3.21. The monoisotopic (exact) mass is 424 g/mol. The van der Waals surface area contributed by atoms with Gasteiger partial charge in [0.15, 0.2) is 0 Å². The molecule has 0 bridgehead atoms. The molecule has 0 aliphatic carbocycles. The molecule has 0 spiro atoms. The van der Waals surface area contributed by atoms with Gasteiger partial charge in [-0.1, -0.05) is 72.3 Å². The molecule has 1 N–H and O–H groups in total. The Kier molecular flexibility index (Phi) is 5.46. The molecule has 1 heterocycles. The number of hydrogen-bond acceptors (Lipinski definition) is 1. The number of nitrogens with zero attached hydrogens (tertiary/aromatic N) is 1. The van der Waals surface area contributed by atoms with Gasteiger partial charge in [0.2, 0.25) is 0 Å². The van der Waals surface area contributed by atoms with Gasteiger partial charge in [-0.2, -0.15) is 13.2 Å². The number of hydrogen-bond donors (Lipinski definition) is 1. The SMILES string of the molecule is FC(F)(F)c1cccc(-c2ccc(C=Cc3ncc(-c4ccccc4Cl)[nH]3)cc2)c1. The molecular formula is C24H16ClF3N2. The molecule has 0 fully saturated rings. The predicted molar refractivity (Wildman–Crippen MR) is 115 cm³/mol. The maximum atomic E-state index is 12.9. The first kappa shape index (κ1) is 20.0. The zero-order valence-corrected chi connectivity index (χ0v) is 16.4. The lowest BCUT2D eigenvalue weighted by atomic mass is 10.0. The quantitative estimate of drug-likeness (QED) is 0.359. The minimum absolute atomic E-state index is 0.524. The van der Waals surface area contributed by atoms with Crippen molar-refractivity contribution < 1.29 is 13.2 Å². The summed E-state index contributed by atoms with van der Waals surface area (Å²) in [6.45, 7) is 0. The van der Waals surface area contributed by atoms with Crippen LogP contribution in [0.1, 0.15) is 17.0 Å². The van der Waals surface area contributed by atoms with Crippen molar-refractivity contribution in [3.63, 3.8) is 0 Å². The Hall–Kier alpha value is -3.31. The molecule has 30 heavy (non-hydrogen) atoms. The van der Waals surface area contributed by atoms with E-state index in [2.05, 4.69) is 9.97 Å². The van der Waals surface area contributed by atoms with E-state index in [1.807, 2.05) is 48.6 Å². The van der Waals surface area contributed by atoms with Gasteiger partial charge in [-0.05, 0) is 41.0 Å². The predicted octanol–water partition coefficient (Wildman–Crippen LogP) is 7.59. The Labute approximate surface area is 176 Å². The van der Waals surface area contributed by atoms with Crippen LogP contribution in [-0.2, 0) is 6.18 Å². The molecule has 150 valence electrons. The van der Waals surface area contributed by atoms with Crippen molar-refractivity contribution in [1.82, 2.24) is 9.97 Å². The summed E-state index contributed by atoms with van der Waals surface area (Å²) in [4.78, 5) is 7.55. The Bertz CT molecular complexity index is 1190. The molecular weight excluding hydrogens is 409 g/mol. The molecule has 4 aromatic rings. The van der Waals surface area contributed by atoms with Crippen molar-refractivity contribution in [2.24, 2.45) is 0 Å². The minimum Gasteiger partial charge on any atom is -0.338 e. The summed E-state index contributed by atoms with van der Waals surface area (Å²) >= 11 is 6.21. The molecule has 1 aromatic heterocycles. The van der Waals surface area contributed by atoms with Gasteiger partial charge < -0.3 is 4.98 Å². The van der Waals surface area contributed by atoms with Gasteiger partial charge >= 0.3 is 6.18 Å². The third kappa shape index (κ3) is 4.47. The Morgan fingerprint density at radius 1 is 0.833 bits per heavy atom. The molecule has 2 nitrogen and oxygen atoms in total. The highest BCUT2D eigenvalue weighted by Crippen LogP contribution is 2.32. The lowest BCUT2D eigenvalue weighted by Gasteiger charge is -2.09. The molecule has 4 rings (SSSR count). The third-order valence-corrected chi connectivity index (χ3v) is 4.96. The van der Waals surface area contributed by atoms with Gasteiger partial charge in [-0.15, -0.1) is 0 Å². The number of halogens is 4. The summed E-state index contributed by atoms with van der Waals surface area (Å²) in [5, 5.41) is 0.641. The highest BCUT2D eigenvalue weighted by Gasteiger charge is 2.30. The fraction of sp³-hybridized carbons (Fsp3) is 0.0417. The maximum Gasteiger partial charge on any atom is 0.416 e. The number of aromatic nitrogens is 2. The van der Waals surface area contributed by atoms with E-state index in [4.69, 9.17) is 11.6 Å². The number of rotatable bonds is 4. The lowest BCUT2D eigenvalue weighted by molar-refractivity contribution is -0.137. The lowest BCUT2D eigenvalue weighted by Crippen LogP contribution is -2.04. The Morgan fingerprint density at radius 3 is 2.33 bits per heavy atom. The van der Waals surface area contributed by atoms with Crippen LogP contribution >= 0.6 is 11.6 Å². The number of benzene rings is 3. The number of alkyl halides is 3. The summed E-state index contributed by atoms with van der Waals surface area (Å²) in [6.07, 6.45) is 1.08. The summed E-state index contributed by atoms with van der Waals surface area (Å²) in [5.74, 6) is 0.673. The molecule has 0 atom stereocenters. The molecule has 0 saturated carbocycles. The van der Waals surface area contributed by atoms with Crippen LogP contribution in [0.25, 0.3) is 34.5 Å². The summed E-state index contributed by atoms with van der Waals surface area (Å²) in [5.41, 5.74) is 3.18. The van der Waals surface area contributed by atoms with E-state index in [1.165, 1.54) is 6.07 Å². The van der Waals surface area contributed by atoms with Crippen molar-refractivity contribution in [2.75, 3.05) is 0 Å². The molecule has 0 radical (unpaired) electrons. The van der Waals surface area contributed by atoms with Crippen LogP contribution in [-0.4, -0.2) is 9.97 Å². The van der Waals surface area contributed by atoms with Gasteiger partial charge in [0.05, 0.1) is 17.5 Å². The third-order valence-electron chi connectivity index (χ3n) is 4.63. The van der Waals surface area contributed by atoms with E-state index < -0.39 is 11.7 Å². The van der Waals surface area contributed by atoms with Crippen LogP contribution in [0.4, 0.5) is 13.2 Å². The van der Waals surface area contributed by atoms with Crippen LogP contribution < -0.4 is 0 Å². The first-order valence-corrected chi connectivity index (χ1v) is 9.54. The van der Waals surface area contributed by atoms with Crippen molar-refractivity contribution in [3.05, 3.63) is 101 Å². The van der Waals surface area contributed by atoms with E-state index in [-0.39, 0.29) is 0 Å². The summed E-state index contributed by atoms with van der Waals surface area (Å²) in [6, 6.07) is 20.1. The molecule has 0 amide bonds. The number of aromatic amines is 1. The van der Waals surface area contributed by atoms with Gasteiger partial charge in [0, 0.05) is 10.6 Å². The summed E-state index contributed by atoms with van der Waals surface area (Å²) < 4.78 is 38.7. The normalized spacial score (nSPS) is 11.9. The molecule has 3 aromatic carbocycles. The van der Waals surface area contributed by atoms with Crippen LogP contribution in [0.3, 0.4) is 0 Å². The zero-order chi connectivity index (χ0) is 21.1. The number of nitrogens with one attached hydrogen (secondary N) is 1. The van der Waals surface area contributed by atoms with Crippen LogP contribution in [0.15, 0.2) is 79.0 Å². The average molecular weight is 425 g/mol. The van der Waals surface area contributed by atoms with Crippen LogP contribution in [0.2, 0.25) is 5.02 Å². The first-order chi connectivity index (χ1) is 14.4. The number of imidazole rings is 1. The van der Waals surface area contributed by atoms with Crippen molar-refractivity contribution in [2.45, 2.75) is 6.18 Å². The van der Waals surface area contributed by atoms with Gasteiger partial charge in [-0.3, -0.25) is 0 Å². The second kappa shape index (κ2) is 8.20. The van der Waals surface area contributed by atoms with Gasteiger partial charge in [-0.25, -0.2) is 4.98 Å². The first-order valence-electron chi connectivity index (χ1n) is 9.16. The number of H-pyrrole nitrogens is 1. The van der Waals surface area contributed by atoms with Crippen LogP contribution in [0.5, 0.6) is 0 Å². The standard InChI is InChI=1S/C24H16ClF3N2/c25-21-7-2-1-6-20(21)22-15-29-23(30-22)13-10-16-8-11-17(12-9-16)18-4-3-5-19(14-18)24(26,27)28/h1-15H,(H,29,30). The Morgan fingerprint density at radius 2 is 1.60 bits per heavy atom. The van der Waals surface area contributed by atoms with E-state index in [1.54, 1.807) is 24.4 Å².